The Bertz CT molecular complexity index is 542. The van der Waals surface area contributed by atoms with Crippen molar-refractivity contribution in [3.8, 4) is 0 Å². The smallest absolute Gasteiger partial charge is 0.235 e. The number of hydrogen-bond donors (Lipinski definition) is 1. The first kappa shape index (κ1) is 14.3. The minimum absolute atomic E-state index is 0.270. The van der Waals surface area contributed by atoms with Crippen LogP contribution in [0.1, 0.15) is 12.5 Å². The first-order valence-electron chi connectivity index (χ1n) is 4.69. The van der Waals surface area contributed by atoms with Gasteiger partial charge >= 0.3 is 0 Å². The maximum atomic E-state index is 11.8. The van der Waals surface area contributed by atoms with E-state index in [1.807, 2.05) is 0 Å². The second-order valence-electron chi connectivity index (χ2n) is 3.60. The third-order valence-corrected chi connectivity index (χ3v) is 5.08. The third kappa shape index (κ3) is 3.59. The van der Waals surface area contributed by atoms with Gasteiger partial charge in [-0.15, -0.1) is 0 Å². The van der Waals surface area contributed by atoms with Gasteiger partial charge < -0.3 is 5.73 Å². The molecule has 1 rings (SSSR count). The second kappa shape index (κ2) is 5.25. The Morgan fingerprint density at radius 1 is 1.35 bits per heavy atom. The molecule has 94 valence electrons. The van der Waals surface area contributed by atoms with Gasteiger partial charge in [0.25, 0.3) is 0 Å². The number of sulfone groups is 1. The number of halogens is 2. The van der Waals surface area contributed by atoms with Crippen molar-refractivity contribution in [2.24, 2.45) is 5.73 Å². The molecule has 7 heteroatoms. The molecule has 0 aliphatic heterocycles. The Balaban J connectivity index is 2.98. The average molecular weight is 296 g/mol. The molecule has 0 radical (unpaired) electrons. The Hall–Kier alpha value is -0.780. The Morgan fingerprint density at radius 2 is 1.94 bits per heavy atom. The highest BCUT2D eigenvalue weighted by Crippen LogP contribution is 2.24. The summed E-state index contributed by atoms with van der Waals surface area (Å²) < 4.78 is 23.5. The zero-order valence-corrected chi connectivity index (χ0v) is 11.3. The summed E-state index contributed by atoms with van der Waals surface area (Å²) in [5.74, 6) is -1.17. The fourth-order valence-electron chi connectivity index (χ4n) is 1.16. The van der Waals surface area contributed by atoms with Gasteiger partial charge in [0.05, 0.1) is 15.8 Å². The molecule has 1 atom stereocenters. The van der Waals surface area contributed by atoms with Gasteiger partial charge in [0.15, 0.2) is 9.84 Å². The van der Waals surface area contributed by atoms with Gasteiger partial charge in [-0.3, -0.25) is 4.79 Å². The van der Waals surface area contributed by atoms with E-state index in [9.17, 15) is 13.2 Å². The van der Waals surface area contributed by atoms with E-state index in [0.29, 0.717) is 10.6 Å². The van der Waals surface area contributed by atoms with Crippen LogP contribution >= 0.6 is 23.2 Å². The number of benzene rings is 1. The van der Waals surface area contributed by atoms with Crippen LogP contribution in [0.25, 0.3) is 0 Å². The van der Waals surface area contributed by atoms with Crippen molar-refractivity contribution in [2.75, 3.05) is 0 Å². The normalized spacial score (nSPS) is 13.4. The summed E-state index contributed by atoms with van der Waals surface area (Å²) in [6.45, 7) is 1.26. The lowest BCUT2D eigenvalue weighted by molar-refractivity contribution is -0.117. The van der Waals surface area contributed by atoms with Crippen LogP contribution in [0, 0.1) is 0 Å². The van der Waals surface area contributed by atoms with Gasteiger partial charge in [0, 0.05) is 0 Å². The predicted octanol–water partition coefficient (Wildman–Crippen LogP) is 1.78. The molecular formula is C10H11Cl2NO3S. The molecule has 0 saturated heterocycles. The minimum atomic E-state index is -3.62. The summed E-state index contributed by atoms with van der Waals surface area (Å²) in [7, 11) is -3.62. The Labute approximate surface area is 110 Å². The van der Waals surface area contributed by atoms with E-state index in [0.717, 1.165) is 0 Å². The molecule has 1 amide bonds. The number of carbonyl (C=O) groups is 1. The van der Waals surface area contributed by atoms with Crippen LogP contribution in [0.3, 0.4) is 0 Å². The molecule has 17 heavy (non-hydrogen) atoms. The van der Waals surface area contributed by atoms with Crippen LogP contribution in [0.2, 0.25) is 10.0 Å². The number of amides is 1. The largest absolute Gasteiger partial charge is 0.369 e. The van der Waals surface area contributed by atoms with Crippen LogP contribution in [0.5, 0.6) is 0 Å². The van der Waals surface area contributed by atoms with E-state index in [4.69, 9.17) is 28.9 Å². The third-order valence-electron chi connectivity index (χ3n) is 2.29. The number of primary amides is 1. The first-order chi connectivity index (χ1) is 7.74. The van der Waals surface area contributed by atoms with E-state index >= 15 is 0 Å². The molecular weight excluding hydrogens is 285 g/mol. The van der Waals surface area contributed by atoms with Gasteiger partial charge in [-0.2, -0.15) is 0 Å². The van der Waals surface area contributed by atoms with Crippen molar-refractivity contribution in [3.05, 3.63) is 33.8 Å². The monoisotopic (exact) mass is 295 g/mol. The molecule has 4 nitrogen and oxygen atoms in total. The van der Waals surface area contributed by atoms with E-state index in [1.54, 1.807) is 6.07 Å². The van der Waals surface area contributed by atoms with Crippen LogP contribution < -0.4 is 5.73 Å². The second-order valence-corrected chi connectivity index (χ2v) is 6.74. The SMILES string of the molecule is C[C@H](C(N)=O)S(=O)(=O)Cc1ccc(Cl)c(Cl)c1. The van der Waals surface area contributed by atoms with Crippen LogP contribution in [0.15, 0.2) is 18.2 Å². The van der Waals surface area contributed by atoms with Crippen molar-refractivity contribution in [2.45, 2.75) is 17.9 Å². The maximum Gasteiger partial charge on any atom is 0.235 e. The molecule has 2 N–H and O–H groups in total. The Morgan fingerprint density at radius 3 is 2.41 bits per heavy atom. The zero-order chi connectivity index (χ0) is 13.2. The summed E-state index contributed by atoms with van der Waals surface area (Å²) in [5.41, 5.74) is 5.43. The highest BCUT2D eigenvalue weighted by atomic mass is 35.5. The zero-order valence-electron chi connectivity index (χ0n) is 8.98. The molecule has 1 aromatic rings. The topological polar surface area (TPSA) is 77.2 Å². The van der Waals surface area contributed by atoms with Crippen molar-refractivity contribution in [1.29, 1.82) is 0 Å². The molecule has 0 heterocycles. The number of rotatable bonds is 4. The number of nitrogens with two attached hydrogens (primary N) is 1. The molecule has 0 spiro atoms. The average Bonchev–Trinajstić information content (AvgIpc) is 2.22. The number of hydrogen-bond acceptors (Lipinski definition) is 3. The van der Waals surface area contributed by atoms with Crippen LogP contribution in [0.4, 0.5) is 0 Å². The predicted molar refractivity (Wildman–Crippen MR) is 67.7 cm³/mol. The lowest BCUT2D eigenvalue weighted by Crippen LogP contribution is -2.33. The van der Waals surface area contributed by atoms with Gasteiger partial charge in [-0.05, 0) is 24.6 Å². The highest BCUT2D eigenvalue weighted by molar-refractivity contribution is 7.92. The number of carbonyl (C=O) groups excluding carboxylic acids is 1. The fourth-order valence-corrected chi connectivity index (χ4v) is 2.73. The van der Waals surface area contributed by atoms with Crippen molar-refractivity contribution < 1.29 is 13.2 Å². The summed E-state index contributed by atoms with van der Waals surface area (Å²) in [5, 5.41) is -0.612. The first-order valence-corrected chi connectivity index (χ1v) is 7.16. The molecule has 0 unspecified atom stereocenters. The van der Waals surface area contributed by atoms with Crippen molar-refractivity contribution in [3.63, 3.8) is 0 Å². The van der Waals surface area contributed by atoms with Crippen molar-refractivity contribution >= 4 is 38.9 Å². The van der Waals surface area contributed by atoms with Crippen LogP contribution in [-0.4, -0.2) is 19.6 Å². The van der Waals surface area contributed by atoms with Gasteiger partial charge in [0.1, 0.15) is 5.25 Å². The summed E-state index contributed by atoms with van der Waals surface area (Å²) in [4.78, 5) is 10.9. The highest BCUT2D eigenvalue weighted by Gasteiger charge is 2.26. The lowest BCUT2D eigenvalue weighted by atomic mass is 10.2. The van der Waals surface area contributed by atoms with Crippen molar-refractivity contribution in [1.82, 2.24) is 0 Å². The van der Waals surface area contributed by atoms with Crippen LogP contribution in [-0.2, 0) is 20.4 Å². The molecule has 0 fully saturated rings. The summed E-state index contributed by atoms with van der Waals surface area (Å²) >= 11 is 11.5. The van der Waals surface area contributed by atoms with E-state index in [1.165, 1.54) is 19.1 Å². The van der Waals surface area contributed by atoms with Gasteiger partial charge in [-0.1, -0.05) is 29.3 Å². The summed E-state index contributed by atoms with van der Waals surface area (Å²) in [6, 6.07) is 4.50. The quantitative estimate of drug-likeness (QED) is 0.920. The molecule has 0 saturated carbocycles. The minimum Gasteiger partial charge on any atom is -0.369 e. The maximum absolute atomic E-state index is 11.8. The lowest BCUT2D eigenvalue weighted by Gasteiger charge is -2.09. The van der Waals surface area contributed by atoms with E-state index in [2.05, 4.69) is 0 Å². The molecule has 0 aliphatic carbocycles. The molecule has 0 aromatic heterocycles. The molecule has 1 aromatic carbocycles. The van der Waals surface area contributed by atoms with E-state index in [-0.39, 0.29) is 10.8 Å². The molecule has 0 bridgehead atoms. The fraction of sp³-hybridized carbons (Fsp3) is 0.300. The van der Waals surface area contributed by atoms with Gasteiger partial charge in [-0.25, -0.2) is 8.42 Å². The standard InChI is InChI=1S/C10H11Cl2NO3S/c1-6(10(13)14)17(15,16)5-7-2-3-8(11)9(12)4-7/h2-4,6H,5H2,1H3,(H2,13,14)/t6-/m1/s1. The van der Waals surface area contributed by atoms with Gasteiger partial charge in [0.2, 0.25) is 5.91 Å². The Kier molecular flexibility index (Phi) is 4.41. The molecule has 0 aliphatic rings. The summed E-state index contributed by atoms with van der Waals surface area (Å²) in [6.07, 6.45) is 0. The van der Waals surface area contributed by atoms with E-state index < -0.39 is 21.0 Å².